The predicted molar refractivity (Wildman–Crippen MR) is 215 cm³/mol. The number of nitrogens with one attached hydrogen (secondary N) is 2. The molecule has 2 heterocycles. The van der Waals surface area contributed by atoms with E-state index in [2.05, 4.69) is 187 Å². The molecule has 0 saturated heterocycles. The van der Waals surface area contributed by atoms with Crippen LogP contribution in [0.15, 0.2) is 188 Å². The van der Waals surface area contributed by atoms with E-state index >= 15 is 0 Å². The molecule has 2 aliphatic heterocycles. The zero-order valence-electron chi connectivity index (χ0n) is 29.0. The van der Waals surface area contributed by atoms with Crippen LogP contribution in [-0.4, -0.2) is 6.17 Å². The van der Waals surface area contributed by atoms with Crippen molar-refractivity contribution in [3.63, 3.8) is 0 Å². The Bertz CT molecular complexity index is 2530. The van der Waals surface area contributed by atoms with Crippen molar-refractivity contribution in [2.45, 2.75) is 17.7 Å². The zero-order valence-corrected chi connectivity index (χ0v) is 29.0. The predicted octanol–water partition coefficient (Wildman–Crippen LogP) is 10.4. The third-order valence-electron chi connectivity index (χ3n) is 11.0. The van der Waals surface area contributed by atoms with E-state index in [4.69, 9.17) is 10.5 Å². The van der Waals surface area contributed by atoms with Crippen molar-refractivity contribution < 1.29 is 4.74 Å². The molecule has 10 rings (SSSR count). The Balaban J connectivity index is 1.03. The molecule has 2 atom stereocenters. The molecular formula is C49H37N3O. The second-order valence-corrected chi connectivity index (χ2v) is 14.0. The summed E-state index contributed by atoms with van der Waals surface area (Å²) in [6, 6.07) is 62.3. The van der Waals surface area contributed by atoms with E-state index in [-0.39, 0.29) is 6.17 Å². The van der Waals surface area contributed by atoms with Gasteiger partial charge in [0.2, 0.25) is 0 Å². The van der Waals surface area contributed by atoms with Crippen LogP contribution in [0.2, 0.25) is 0 Å². The number of fused-ring (bicyclic) bond motifs is 9. The normalized spacial score (nSPS) is 16.5. The number of benzene rings is 7. The van der Waals surface area contributed by atoms with E-state index in [9.17, 15) is 0 Å². The van der Waals surface area contributed by atoms with Gasteiger partial charge in [-0.05, 0) is 91.6 Å². The number of dihydropyridines is 1. The first-order valence-electron chi connectivity index (χ1n) is 18.2. The van der Waals surface area contributed by atoms with Crippen molar-refractivity contribution >= 4 is 11.1 Å². The molecule has 4 heteroatoms. The van der Waals surface area contributed by atoms with Crippen molar-refractivity contribution in [3.05, 3.63) is 227 Å². The molecule has 4 N–H and O–H groups in total. The molecule has 0 saturated carbocycles. The number of rotatable bonds is 6. The number of hydrogen-bond donors (Lipinski definition) is 3. The molecule has 1 aliphatic carbocycles. The first kappa shape index (κ1) is 31.3. The van der Waals surface area contributed by atoms with Gasteiger partial charge in [0.15, 0.2) is 0 Å². The van der Waals surface area contributed by atoms with Gasteiger partial charge in [-0.2, -0.15) is 0 Å². The first-order chi connectivity index (χ1) is 26.2. The van der Waals surface area contributed by atoms with Crippen LogP contribution in [0.25, 0.3) is 33.4 Å². The Labute approximate surface area is 309 Å². The molecule has 4 nitrogen and oxygen atoms in total. The van der Waals surface area contributed by atoms with Crippen molar-refractivity contribution in [3.8, 4) is 33.8 Å². The van der Waals surface area contributed by atoms with Crippen molar-refractivity contribution in [1.82, 2.24) is 10.6 Å². The molecule has 3 aliphatic rings. The number of allylic oxidation sites excluding steroid dienone is 2. The molecule has 7 aromatic carbocycles. The van der Waals surface area contributed by atoms with Gasteiger partial charge in [0.05, 0.1) is 11.6 Å². The van der Waals surface area contributed by atoms with E-state index in [0.717, 1.165) is 61.6 Å². The van der Waals surface area contributed by atoms with Gasteiger partial charge in [0.1, 0.15) is 17.7 Å². The fourth-order valence-corrected chi connectivity index (χ4v) is 8.59. The van der Waals surface area contributed by atoms with Crippen LogP contribution in [0.1, 0.15) is 45.1 Å². The summed E-state index contributed by atoms with van der Waals surface area (Å²) in [4.78, 5) is 0. The van der Waals surface area contributed by atoms with Crippen molar-refractivity contribution in [1.29, 1.82) is 0 Å². The molecule has 0 radical (unpaired) electrons. The maximum atomic E-state index is 7.01. The Morgan fingerprint density at radius 2 is 1.11 bits per heavy atom. The highest BCUT2D eigenvalue weighted by molar-refractivity contribution is 5.90. The topological polar surface area (TPSA) is 59.3 Å². The van der Waals surface area contributed by atoms with Gasteiger partial charge in [-0.3, -0.25) is 5.32 Å². The van der Waals surface area contributed by atoms with Crippen LogP contribution >= 0.6 is 0 Å². The van der Waals surface area contributed by atoms with E-state index in [1.54, 1.807) is 0 Å². The summed E-state index contributed by atoms with van der Waals surface area (Å²) in [5.41, 5.74) is 21.7. The summed E-state index contributed by atoms with van der Waals surface area (Å²) in [6.07, 6.45) is 3.72. The van der Waals surface area contributed by atoms with Gasteiger partial charge >= 0.3 is 0 Å². The first-order valence-corrected chi connectivity index (χ1v) is 18.2. The Kier molecular flexibility index (Phi) is 7.46. The lowest BCUT2D eigenvalue weighted by atomic mass is 9.66. The monoisotopic (exact) mass is 683 g/mol. The van der Waals surface area contributed by atoms with E-state index < -0.39 is 11.6 Å². The van der Waals surface area contributed by atoms with Crippen molar-refractivity contribution in [2.24, 2.45) is 5.73 Å². The lowest BCUT2D eigenvalue weighted by Crippen LogP contribution is -2.46. The van der Waals surface area contributed by atoms with Gasteiger partial charge < -0.3 is 15.8 Å². The SMILES string of the molecule is NC(NC1NC=C(c2ccccc2)C=C1c1ccccc1)c1cccc(-c2ccc3c(c2)C2(c4ccccc4Oc4ccccc42)c2ccccc2-3)c1. The van der Waals surface area contributed by atoms with Crippen LogP contribution < -0.4 is 21.1 Å². The Hall–Kier alpha value is -6.46. The van der Waals surface area contributed by atoms with Gasteiger partial charge in [-0.25, -0.2) is 0 Å². The van der Waals surface area contributed by atoms with Crippen LogP contribution in [0, 0.1) is 0 Å². The Morgan fingerprint density at radius 3 is 1.85 bits per heavy atom. The summed E-state index contributed by atoms with van der Waals surface area (Å²) in [5.74, 6) is 1.79. The summed E-state index contributed by atoms with van der Waals surface area (Å²) < 4.78 is 6.54. The van der Waals surface area contributed by atoms with Crippen LogP contribution in [0.5, 0.6) is 11.5 Å². The summed E-state index contributed by atoms with van der Waals surface area (Å²) in [5, 5.41) is 7.31. The smallest absolute Gasteiger partial charge is 0.132 e. The molecule has 0 amide bonds. The molecule has 0 fully saturated rings. The average Bonchev–Trinajstić information content (AvgIpc) is 3.51. The molecule has 1 spiro atoms. The number of nitrogens with two attached hydrogens (primary N) is 1. The lowest BCUT2D eigenvalue weighted by Gasteiger charge is -2.39. The summed E-state index contributed by atoms with van der Waals surface area (Å²) >= 11 is 0. The molecular weight excluding hydrogens is 647 g/mol. The highest BCUT2D eigenvalue weighted by Crippen LogP contribution is 2.62. The third kappa shape index (κ3) is 5.07. The molecule has 0 aromatic heterocycles. The maximum Gasteiger partial charge on any atom is 0.132 e. The zero-order chi connectivity index (χ0) is 35.4. The lowest BCUT2D eigenvalue weighted by molar-refractivity contribution is 0.436. The standard InChI is InChI=1S/C49H37N3O/c50-47(52-48-40(33-16-5-2-6-17-33)29-37(31-51-48)32-14-3-1-4-15-32)36-19-13-18-34(28-36)35-26-27-39-38-20-7-8-21-41(38)49(44(39)30-35)42-22-9-11-24-45(42)53-46-25-12-10-23-43(46)49/h1-31,47-48,51-52H,50H2. The molecule has 0 bridgehead atoms. The highest BCUT2D eigenvalue weighted by atomic mass is 16.5. The quantitative estimate of drug-likeness (QED) is 0.153. The number of ether oxygens (including phenoxy) is 1. The van der Waals surface area contributed by atoms with Crippen LogP contribution in [0.3, 0.4) is 0 Å². The minimum Gasteiger partial charge on any atom is -0.457 e. The number of hydrogen-bond acceptors (Lipinski definition) is 4. The van der Waals surface area contributed by atoms with E-state index in [1.807, 2.05) is 12.1 Å². The third-order valence-corrected chi connectivity index (χ3v) is 11.0. The minimum absolute atomic E-state index is 0.185. The molecule has 254 valence electrons. The highest BCUT2D eigenvalue weighted by Gasteiger charge is 2.51. The summed E-state index contributed by atoms with van der Waals surface area (Å²) in [6.45, 7) is 0. The van der Waals surface area contributed by atoms with Crippen molar-refractivity contribution in [2.75, 3.05) is 0 Å². The number of para-hydroxylation sites is 2. The minimum atomic E-state index is -0.512. The molecule has 2 unspecified atom stereocenters. The van der Waals surface area contributed by atoms with Gasteiger partial charge in [0.25, 0.3) is 0 Å². The molecule has 53 heavy (non-hydrogen) atoms. The Morgan fingerprint density at radius 1 is 0.528 bits per heavy atom. The maximum absolute atomic E-state index is 7.01. The fourth-order valence-electron chi connectivity index (χ4n) is 8.59. The average molecular weight is 684 g/mol. The van der Waals surface area contributed by atoms with E-state index in [1.165, 1.54) is 22.3 Å². The second-order valence-electron chi connectivity index (χ2n) is 14.0. The van der Waals surface area contributed by atoms with Gasteiger partial charge in [0, 0.05) is 17.3 Å². The van der Waals surface area contributed by atoms with E-state index in [0.29, 0.717) is 0 Å². The summed E-state index contributed by atoms with van der Waals surface area (Å²) in [7, 11) is 0. The van der Waals surface area contributed by atoms with Gasteiger partial charge in [-0.15, -0.1) is 0 Å². The van der Waals surface area contributed by atoms with Crippen LogP contribution in [-0.2, 0) is 5.41 Å². The van der Waals surface area contributed by atoms with Crippen LogP contribution in [0.4, 0.5) is 0 Å². The fraction of sp³-hybridized carbons (Fsp3) is 0.0612. The molecule has 7 aromatic rings. The van der Waals surface area contributed by atoms with Gasteiger partial charge in [-0.1, -0.05) is 152 Å². The largest absolute Gasteiger partial charge is 0.457 e. The second kappa shape index (κ2) is 12.6.